The molecule has 1 N–H and O–H groups in total. The molecule has 0 saturated carbocycles. The van der Waals surface area contributed by atoms with Gasteiger partial charge in [0.15, 0.2) is 5.65 Å². The second-order valence-corrected chi connectivity index (χ2v) is 6.65. The number of benzene rings is 1. The van der Waals surface area contributed by atoms with Gasteiger partial charge in [-0.15, -0.1) is 5.10 Å². The molecule has 10 heteroatoms. The van der Waals surface area contributed by atoms with Crippen LogP contribution in [0.1, 0.15) is 5.82 Å². The van der Waals surface area contributed by atoms with E-state index in [4.69, 9.17) is 9.47 Å². The predicted molar refractivity (Wildman–Crippen MR) is 113 cm³/mol. The van der Waals surface area contributed by atoms with E-state index in [1.807, 2.05) is 18.2 Å². The molecule has 1 aromatic carbocycles. The predicted octanol–water partition coefficient (Wildman–Crippen LogP) is 1.92. The number of carbonyl (C=O) groups excluding carboxylic acids is 1. The van der Waals surface area contributed by atoms with E-state index >= 15 is 0 Å². The molecule has 0 atom stereocenters. The highest BCUT2D eigenvalue weighted by atomic mass is 16.5. The number of hydrogen-bond acceptors (Lipinski definition) is 7. The van der Waals surface area contributed by atoms with Gasteiger partial charge in [-0.1, -0.05) is 6.07 Å². The van der Waals surface area contributed by atoms with Crippen LogP contribution in [0.3, 0.4) is 0 Å². The zero-order valence-electron chi connectivity index (χ0n) is 17.2. The van der Waals surface area contributed by atoms with Gasteiger partial charge >= 0.3 is 5.69 Å². The highest BCUT2D eigenvalue weighted by Crippen LogP contribution is 2.28. The monoisotopic (exact) mass is 420 g/mol. The number of methoxy groups -OCH3 is 2. The molecule has 10 nitrogen and oxygen atoms in total. The van der Waals surface area contributed by atoms with Crippen LogP contribution in [-0.4, -0.2) is 44.3 Å². The van der Waals surface area contributed by atoms with Crippen LogP contribution in [0.15, 0.2) is 53.5 Å². The number of nitrogens with one attached hydrogen (secondary N) is 1. The second-order valence-electron chi connectivity index (χ2n) is 6.65. The lowest BCUT2D eigenvalue weighted by molar-refractivity contribution is -0.117. The number of hydrogen-bond donors (Lipinski definition) is 1. The highest BCUT2D eigenvalue weighted by molar-refractivity contribution is 5.92. The summed E-state index contributed by atoms with van der Waals surface area (Å²) in [6.45, 7) is 1.42. The number of ether oxygens (including phenoxy) is 2. The standard InChI is InChI=1S/C21H20N6O4/c1-13-23-16(15-6-4-5-9-22-15)11-19-25-26(21(29)27(13)19)12-20(28)24-17-10-14(30-2)7-8-18(17)31-3/h4-11H,12H2,1-3H3,(H,24,28). The van der Waals surface area contributed by atoms with Crippen LogP contribution in [-0.2, 0) is 11.3 Å². The van der Waals surface area contributed by atoms with Gasteiger partial charge in [0.25, 0.3) is 0 Å². The second kappa shape index (κ2) is 8.27. The average molecular weight is 420 g/mol. The Labute approximate surface area is 177 Å². The van der Waals surface area contributed by atoms with Crippen LogP contribution < -0.4 is 20.5 Å². The third-order valence-corrected chi connectivity index (χ3v) is 4.64. The molecule has 1 amide bonds. The van der Waals surface area contributed by atoms with E-state index in [-0.39, 0.29) is 6.54 Å². The van der Waals surface area contributed by atoms with Crippen LogP contribution in [0.5, 0.6) is 11.5 Å². The Balaban J connectivity index is 1.63. The van der Waals surface area contributed by atoms with Crippen LogP contribution >= 0.6 is 0 Å². The number of pyridine rings is 1. The van der Waals surface area contributed by atoms with Gasteiger partial charge in [0.2, 0.25) is 5.91 Å². The highest BCUT2D eigenvalue weighted by Gasteiger charge is 2.16. The molecule has 0 spiro atoms. The molecule has 0 fully saturated rings. The fourth-order valence-electron chi connectivity index (χ4n) is 3.19. The number of aryl methyl sites for hydroxylation is 1. The lowest BCUT2D eigenvalue weighted by atomic mass is 10.2. The minimum Gasteiger partial charge on any atom is -0.497 e. The molecular weight excluding hydrogens is 400 g/mol. The van der Waals surface area contributed by atoms with Gasteiger partial charge in [-0.2, -0.15) is 0 Å². The van der Waals surface area contributed by atoms with Crippen molar-refractivity contribution in [3.05, 3.63) is 65.0 Å². The number of amides is 1. The Kier molecular flexibility index (Phi) is 5.35. The maximum Gasteiger partial charge on any atom is 0.352 e. The topological polar surface area (TPSA) is 113 Å². The number of anilines is 1. The summed E-state index contributed by atoms with van der Waals surface area (Å²) in [5.74, 6) is 1.04. The van der Waals surface area contributed by atoms with Crippen LogP contribution in [0, 0.1) is 6.92 Å². The summed E-state index contributed by atoms with van der Waals surface area (Å²) >= 11 is 0. The Morgan fingerprint density at radius 2 is 1.94 bits per heavy atom. The van der Waals surface area contributed by atoms with Crippen molar-refractivity contribution in [1.29, 1.82) is 0 Å². The number of fused-ring (bicyclic) bond motifs is 1. The molecule has 3 heterocycles. The van der Waals surface area contributed by atoms with Gasteiger partial charge in [-0.3, -0.25) is 9.78 Å². The number of rotatable bonds is 6. The number of nitrogens with zero attached hydrogens (tertiary/aromatic N) is 5. The summed E-state index contributed by atoms with van der Waals surface area (Å²) in [5.41, 5.74) is 1.61. The van der Waals surface area contributed by atoms with Crippen LogP contribution in [0.25, 0.3) is 17.0 Å². The van der Waals surface area contributed by atoms with E-state index in [9.17, 15) is 9.59 Å². The summed E-state index contributed by atoms with van der Waals surface area (Å²) < 4.78 is 12.9. The zero-order chi connectivity index (χ0) is 22.0. The molecule has 0 bridgehead atoms. The maximum absolute atomic E-state index is 12.8. The molecule has 0 aliphatic rings. The van der Waals surface area contributed by atoms with Crippen molar-refractivity contribution >= 4 is 17.2 Å². The van der Waals surface area contributed by atoms with Gasteiger partial charge in [0.1, 0.15) is 23.9 Å². The van der Waals surface area contributed by atoms with Gasteiger partial charge in [-0.05, 0) is 31.2 Å². The van der Waals surface area contributed by atoms with Crippen molar-refractivity contribution in [2.24, 2.45) is 0 Å². The van der Waals surface area contributed by atoms with Crippen molar-refractivity contribution in [3.63, 3.8) is 0 Å². The normalized spacial score (nSPS) is 10.8. The van der Waals surface area contributed by atoms with Crippen LogP contribution in [0.2, 0.25) is 0 Å². The van der Waals surface area contributed by atoms with Crippen molar-refractivity contribution < 1.29 is 14.3 Å². The van der Waals surface area contributed by atoms with Crippen LogP contribution in [0.4, 0.5) is 5.69 Å². The van der Waals surface area contributed by atoms with Gasteiger partial charge < -0.3 is 14.8 Å². The molecule has 158 valence electrons. The van der Waals surface area contributed by atoms with Gasteiger partial charge in [0.05, 0.1) is 31.3 Å². The molecule has 0 unspecified atom stereocenters. The minimum absolute atomic E-state index is 0.279. The number of carbonyl (C=O) groups is 1. The fraction of sp³-hybridized carbons (Fsp3) is 0.190. The molecule has 4 aromatic rings. The molecule has 3 aromatic heterocycles. The molecule has 4 rings (SSSR count). The molecular formula is C21H20N6O4. The fourth-order valence-corrected chi connectivity index (χ4v) is 3.19. The summed E-state index contributed by atoms with van der Waals surface area (Å²) in [6, 6.07) is 12.2. The summed E-state index contributed by atoms with van der Waals surface area (Å²) in [4.78, 5) is 34.1. The van der Waals surface area contributed by atoms with E-state index in [2.05, 4.69) is 20.4 Å². The van der Waals surface area contributed by atoms with E-state index < -0.39 is 11.6 Å². The Morgan fingerprint density at radius 1 is 1.10 bits per heavy atom. The third kappa shape index (κ3) is 3.95. The first-order valence-electron chi connectivity index (χ1n) is 9.40. The van der Waals surface area contributed by atoms with E-state index in [1.54, 1.807) is 37.4 Å². The third-order valence-electron chi connectivity index (χ3n) is 4.64. The molecule has 0 saturated heterocycles. The van der Waals surface area contributed by atoms with E-state index in [1.165, 1.54) is 18.6 Å². The van der Waals surface area contributed by atoms with Crippen molar-refractivity contribution in [1.82, 2.24) is 24.1 Å². The Morgan fingerprint density at radius 3 is 2.65 bits per heavy atom. The molecule has 0 aliphatic carbocycles. The van der Waals surface area contributed by atoms with Crippen molar-refractivity contribution in [2.75, 3.05) is 19.5 Å². The van der Waals surface area contributed by atoms with Crippen molar-refractivity contribution in [3.8, 4) is 22.9 Å². The first kappa shape index (κ1) is 20.1. The first-order chi connectivity index (χ1) is 15.0. The number of aromatic nitrogens is 5. The lowest BCUT2D eigenvalue weighted by Crippen LogP contribution is -2.29. The summed E-state index contributed by atoms with van der Waals surface area (Å²) in [5, 5.41) is 7.03. The smallest absolute Gasteiger partial charge is 0.352 e. The average Bonchev–Trinajstić information content (AvgIpc) is 3.09. The first-order valence-corrected chi connectivity index (χ1v) is 9.40. The Hall–Kier alpha value is -4.21. The lowest BCUT2D eigenvalue weighted by Gasteiger charge is -2.11. The Bertz CT molecular complexity index is 1310. The molecule has 31 heavy (non-hydrogen) atoms. The molecule has 0 aliphatic heterocycles. The van der Waals surface area contributed by atoms with Gasteiger partial charge in [0, 0.05) is 18.3 Å². The summed E-state index contributed by atoms with van der Waals surface area (Å²) in [6.07, 6.45) is 1.67. The maximum atomic E-state index is 12.8. The SMILES string of the molecule is COc1ccc(OC)c(NC(=O)Cn2nc3cc(-c4ccccn4)nc(C)n3c2=O)c1. The van der Waals surface area contributed by atoms with E-state index in [0.29, 0.717) is 40.0 Å². The van der Waals surface area contributed by atoms with Crippen molar-refractivity contribution in [2.45, 2.75) is 13.5 Å². The molecule has 0 radical (unpaired) electrons. The summed E-state index contributed by atoms with van der Waals surface area (Å²) in [7, 11) is 3.03. The largest absolute Gasteiger partial charge is 0.497 e. The zero-order valence-corrected chi connectivity index (χ0v) is 17.2. The van der Waals surface area contributed by atoms with E-state index in [0.717, 1.165) is 4.68 Å². The minimum atomic E-state index is -0.458. The quantitative estimate of drug-likeness (QED) is 0.507. The van der Waals surface area contributed by atoms with Gasteiger partial charge in [-0.25, -0.2) is 18.9 Å².